The van der Waals surface area contributed by atoms with E-state index in [0.717, 1.165) is 16.7 Å². The number of halogens is 4. The van der Waals surface area contributed by atoms with Gasteiger partial charge in [0, 0.05) is 78.2 Å². The van der Waals surface area contributed by atoms with Crippen LogP contribution in [0.3, 0.4) is 0 Å². The number of fused-ring (bicyclic) bond motifs is 2. The molecule has 3 aromatic carbocycles. The van der Waals surface area contributed by atoms with E-state index < -0.39 is 80.8 Å². The van der Waals surface area contributed by atoms with E-state index in [1.807, 2.05) is 26.8 Å². The Labute approximate surface area is 329 Å². The van der Waals surface area contributed by atoms with Gasteiger partial charge in [-0.3, -0.25) is 19.5 Å². The molecule has 0 radical (unpaired) electrons. The Balaban J connectivity index is 1.41. The lowest BCUT2D eigenvalue weighted by Gasteiger charge is -2.23. The summed E-state index contributed by atoms with van der Waals surface area (Å²) in [6, 6.07) is 15.6. The SMILES string of the molecule is CCN=c1ccc2c(-c3ccccc3S(=O)(=O)NS(=O)(=O)c3c(F)c(F)c(SCCN4C(=O)CC(S)C4=O)c(F)c3F)c3ccc(N(CC)CC)cc3oc-2c1. The van der Waals surface area contributed by atoms with Crippen molar-refractivity contribution in [3.05, 3.63) is 89.3 Å². The minimum absolute atomic E-state index is 0.0268. The van der Waals surface area contributed by atoms with Gasteiger partial charge in [-0.25, -0.2) is 34.4 Å². The van der Waals surface area contributed by atoms with Crippen molar-refractivity contribution in [1.29, 1.82) is 0 Å². The molecule has 1 aliphatic carbocycles. The summed E-state index contributed by atoms with van der Waals surface area (Å²) in [5.41, 5.74) is 1.88. The highest BCUT2D eigenvalue weighted by molar-refractivity contribution is 8.04. The Morgan fingerprint density at radius 1 is 0.893 bits per heavy atom. The van der Waals surface area contributed by atoms with E-state index in [9.17, 15) is 26.4 Å². The van der Waals surface area contributed by atoms with Gasteiger partial charge in [0.2, 0.25) is 11.8 Å². The molecular formula is C37H34F4N4O7S4. The zero-order valence-corrected chi connectivity index (χ0v) is 33.3. The van der Waals surface area contributed by atoms with E-state index in [4.69, 9.17) is 4.42 Å². The highest BCUT2D eigenvalue weighted by atomic mass is 32.3. The van der Waals surface area contributed by atoms with Crippen LogP contribution in [-0.4, -0.2) is 70.7 Å². The Hall–Kier alpha value is -4.43. The number of amides is 2. The Morgan fingerprint density at radius 3 is 2.20 bits per heavy atom. The first-order chi connectivity index (χ1) is 26.5. The summed E-state index contributed by atoms with van der Waals surface area (Å²) in [5.74, 6) is -10.4. The third kappa shape index (κ3) is 7.66. The number of rotatable bonds is 13. The first-order valence-electron chi connectivity index (χ1n) is 17.2. The van der Waals surface area contributed by atoms with E-state index in [2.05, 4.69) is 22.5 Å². The van der Waals surface area contributed by atoms with Crippen LogP contribution in [0.2, 0.25) is 0 Å². The lowest BCUT2D eigenvalue weighted by molar-refractivity contribution is -0.137. The normalized spacial score (nSPS) is 15.5. The molecule has 0 saturated carbocycles. The maximum Gasteiger partial charge on any atom is 0.259 e. The third-order valence-electron chi connectivity index (χ3n) is 9.06. The molecule has 1 atom stereocenters. The molecule has 2 amide bonds. The standard InChI is InChI=1S/C37H34F4N4O7S4/c1-4-42-20-11-13-22-25(17-20)52-26-18-21(44(5-2)6-3)12-14-23(26)30(22)24-9-7-8-10-28(24)55(48,49)43-56(50,51)36-33(40)31(38)35(32(39)34(36)41)54-16-15-45-29(46)19-27(53)37(45)47/h7-14,17-18,27,43,53H,4-6,15-16,19H2,1-3H3. The predicted molar refractivity (Wildman–Crippen MR) is 207 cm³/mol. The number of hydrogen-bond acceptors (Lipinski definition) is 11. The number of carbonyl (C=O) groups excluding carboxylic acids is 2. The van der Waals surface area contributed by atoms with Crippen LogP contribution in [-0.2, 0) is 29.6 Å². The van der Waals surface area contributed by atoms with Crippen LogP contribution < -0.4 is 14.4 Å². The van der Waals surface area contributed by atoms with Gasteiger partial charge in [-0.2, -0.15) is 12.6 Å². The van der Waals surface area contributed by atoms with Crippen LogP contribution in [0.25, 0.3) is 33.4 Å². The average Bonchev–Trinajstić information content (AvgIpc) is 3.40. The van der Waals surface area contributed by atoms with Crippen molar-refractivity contribution in [1.82, 2.24) is 9.03 Å². The van der Waals surface area contributed by atoms with Crippen molar-refractivity contribution in [3.63, 3.8) is 0 Å². The summed E-state index contributed by atoms with van der Waals surface area (Å²) in [6.07, 6.45) is -0.200. The van der Waals surface area contributed by atoms with Crippen LogP contribution >= 0.6 is 24.4 Å². The van der Waals surface area contributed by atoms with Crippen LogP contribution in [0.15, 0.2) is 84.8 Å². The molecule has 0 aromatic heterocycles. The summed E-state index contributed by atoms with van der Waals surface area (Å²) in [5, 5.41) is 0.121. The monoisotopic (exact) mass is 850 g/mol. The molecule has 56 heavy (non-hydrogen) atoms. The first kappa shape index (κ1) is 41.2. The average molecular weight is 851 g/mol. The highest BCUT2D eigenvalue weighted by Gasteiger charge is 2.39. The van der Waals surface area contributed by atoms with Gasteiger partial charge in [-0.05, 0) is 51.1 Å². The molecular weight excluding hydrogens is 817 g/mol. The Bertz CT molecular complexity index is 2620. The number of benzene rings is 4. The number of anilines is 1. The van der Waals surface area contributed by atoms with Gasteiger partial charge in [-0.1, -0.05) is 18.2 Å². The van der Waals surface area contributed by atoms with E-state index in [0.29, 0.717) is 52.8 Å². The van der Waals surface area contributed by atoms with Crippen LogP contribution in [0.1, 0.15) is 27.2 Å². The van der Waals surface area contributed by atoms with Crippen molar-refractivity contribution >= 4 is 72.9 Å². The fraction of sp³-hybridized carbons (Fsp3) is 0.270. The second-order valence-electron chi connectivity index (χ2n) is 12.4. The summed E-state index contributed by atoms with van der Waals surface area (Å²) in [7, 11) is -11.2. The molecule has 1 saturated heterocycles. The van der Waals surface area contributed by atoms with Crippen molar-refractivity contribution in [3.8, 4) is 22.5 Å². The van der Waals surface area contributed by atoms with Crippen molar-refractivity contribution in [2.45, 2.75) is 47.1 Å². The van der Waals surface area contributed by atoms with Gasteiger partial charge in [0.15, 0.2) is 28.2 Å². The Morgan fingerprint density at radius 2 is 1.57 bits per heavy atom. The molecule has 1 unspecified atom stereocenters. The smallest absolute Gasteiger partial charge is 0.259 e. The second kappa shape index (κ2) is 16.2. The van der Waals surface area contributed by atoms with E-state index in [1.165, 1.54) is 22.3 Å². The molecule has 11 nitrogen and oxygen atoms in total. The molecule has 0 spiro atoms. The predicted octanol–water partition coefficient (Wildman–Crippen LogP) is 6.34. The van der Waals surface area contributed by atoms with E-state index in [-0.39, 0.29) is 30.3 Å². The number of carbonyl (C=O) groups is 2. The topological polar surface area (TPSA) is 146 Å². The summed E-state index contributed by atoms with van der Waals surface area (Å²) in [6.45, 7) is 7.26. The quantitative estimate of drug-likeness (QED) is 0.0346. The second-order valence-corrected chi connectivity index (χ2v) is 17.7. The van der Waals surface area contributed by atoms with Crippen molar-refractivity contribution in [2.24, 2.45) is 4.99 Å². The highest BCUT2D eigenvalue weighted by Crippen LogP contribution is 2.43. The van der Waals surface area contributed by atoms with Crippen LogP contribution in [0, 0.1) is 23.3 Å². The molecule has 1 N–H and O–H groups in total. The van der Waals surface area contributed by atoms with E-state index in [1.54, 1.807) is 30.3 Å². The third-order valence-corrected chi connectivity index (χ3v) is 14.1. The number of thiol groups is 1. The van der Waals surface area contributed by atoms with Crippen LogP contribution in [0.4, 0.5) is 23.2 Å². The molecule has 0 bridgehead atoms. The molecule has 2 heterocycles. The molecule has 296 valence electrons. The maximum atomic E-state index is 15.4. The van der Waals surface area contributed by atoms with Crippen molar-refractivity contribution in [2.75, 3.05) is 36.8 Å². The van der Waals surface area contributed by atoms with Crippen molar-refractivity contribution < 1.29 is 48.4 Å². The minimum atomic E-state index is -5.88. The van der Waals surface area contributed by atoms with Gasteiger partial charge in [0.1, 0.15) is 11.3 Å². The molecule has 19 heteroatoms. The Kier molecular flexibility index (Phi) is 11.9. The summed E-state index contributed by atoms with van der Waals surface area (Å²) in [4.78, 5) is 27.2. The number of imide groups is 1. The fourth-order valence-corrected chi connectivity index (χ4v) is 10.9. The van der Waals surface area contributed by atoms with Gasteiger partial charge in [0.25, 0.3) is 20.0 Å². The number of hydrogen-bond donors (Lipinski definition) is 2. The minimum Gasteiger partial charge on any atom is -0.456 e. The van der Waals surface area contributed by atoms with Gasteiger partial charge >= 0.3 is 0 Å². The van der Waals surface area contributed by atoms with Gasteiger partial charge in [0.05, 0.1) is 20.4 Å². The number of nitrogens with one attached hydrogen (secondary N) is 1. The van der Waals surface area contributed by atoms with E-state index >= 15 is 17.6 Å². The molecule has 6 rings (SSSR count). The molecule has 1 fully saturated rings. The first-order valence-corrected chi connectivity index (χ1v) is 21.7. The molecule has 3 aromatic rings. The summed E-state index contributed by atoms with van der Waals surface area (Å²) < 4.78 is 124. The van der Waals surface area contributed by atoms with Crippen LogP contribution in [0.5, 0.6) is 0 Å². The maximum absolute atomic E-state index is 15.4. The van der Waals surface area contributed by atoms with Gasteiger partial charge < -0.3 is 9.32 Å². The zero-order chi connectivity index (χ0) is 40.7. The van der Waals surface area contributed by atoms with Gasteiger partial charge in [-0.15, -0.1) is 15.9 Å². The lowest BCUT2D eigenvalue weighted by Crippen LogP contribution is -2.33. The number of sulfonamides is 2. The number of thioether (sulfide) groups is 1. The number of nitrogens with zero attached hydrogens (tertiary/aromatic N) is 3. The number of likely N-dealkylation sites (tertiary alicyclic amines) is 1. The largest absolute Gasteiger partial charge is 0.456 e. The zero-order valence-electron chi connectivity index (χ0n) is 30.0. The lowest BCUT2D eigenvalue weighted by atomic mass is 9.93. The molecule has 3 aliphatic rings. The molecule has 2 aliphatic heterocycles. The fourth-order valence-electron chi connectivity index (χ4n) is 6.46. The summed E-state index contributed by atoms with van der Waals surface area (Å²) >= 11 is 4.16.